The molecule has 0 bridgehead atoms. The molecule has 0 saturated carbocycles. The van der Waals surface area contributed by atoms with E-state index in [9.17, 15) is 14.4 Å². The highest BCUT2D eigenvalue weighted by Crippen LogP contribution is 2.15. The second-order valence-electron chi connectivity index (χ2n) is 22.0. The van der Waals surface area contributed by atoms with Gasteiger partial charge in [0.1, 0.15) is 13.2 Å². The highest BCUT2D eigenvalue weighted by atomic mass is 16.6. The molecule has 0 spiro atoms. The van der Waals surface area contributed by atoms with Crippen LogP contribution in [-0.2, 0) is 28.6 Å². The zero-order valence-electron chi connectivity index (χ0n) is 53.7. The minimum Gasteiger partial charge on any atom is -0.462 e. The Kier molecular flexibility index (Phi) is 65.4. The van der Waals surface area contributed by atoms with Crippen molar-refractivity contribution in [3.63, 3.8) is 0 Å². The Balaban J connectivity index is 4.29. The third kappa shape index (κ3) is 67.7. The molecule has 1 unspecified atom stereocenters. The minimum absolute atomic E-state index is 0.0901. The number of carbonyl (C=O) groups is 3. The van der Waals surface area contributed by atoms with E-state index in [2.05, 4.69) is 179 Å². The standard InChI is InChI=1S/C77H124O6/c1-4-7-10-13-16-19-22-24-26-28-30-31-32-33-34-35-36-37-38-39-40-41-42-43-44-45-47-48-50-52-55-58-61-64-67-70-76(79)82-73-74(72-81-75(78)69-66-63-60-57-54-21-18-15-12-9-6-3)83-77(80)71-68-65-62-59-56-53-51-49-46-29-27-25-23-20-17-14-11-8-5-2/h7-8,10-11,16-17,19-20,24-27,30-31,33-34,36-37,39-40,42-43,45-47,49,74H,4-6,9,12-15,18,21-23,28-29,32,35,38,41,44,48,50-73H2,1-3H3/b10-7-,11-8-,19-16-,20-17-,26-24-,27-25-,31-30-,34-33-,37-36-,40-39-,43-42-,47-45-,49-46-. The summed E-state index contributed by atoms with van der Waals surface area (Å²) in [7, 11) is 0. The van der Waals surface area contributed by atoms with E-state index in [-0.39, 0.29) is 31.1 Å². The van der Waals surface area contributed by atoms with Gasteiger partial charge < -0.3 is 14.2 Å². The first-order valence-electron chi connectivity index (χ1n) is 34.0. The SMILES string of the molecule is CC/C=C\C/C=C\C/C=C\C/C=C\C/C=C\C/C=C\C/C=C\C/C=C\C/C=C\CCCCCCCCCC(=O)OCC(COC(=O)CCCCCCCCCCCCC)OC(=O)CCCCCCCC/C=C\C/C=C\C/C=C\C/C=C\CC. The summed E-state index contributed by atoms with van der Waals surface area (Å²) >= 11 is 0. The van der Waals surface area contributed by atoms with E-state index in [0.29, 0.717) is 19.3 Å². The molecule has 0 aliphatic carbocycles. The minimum atomic E-state index is -0.796. The molecule has 0 amide bonds. The van der Waals surface area contributed by atoms with Crippen molar-refractivity contribution in [2.75, 3.05) is 13.2 Å². The first-order chi connectivity index (χ1) is 41.0. The van der Waals surface area contributed by atoms with Crippen LogP contribution in [-0.4, -0.2) is 37.2 Å². The Morgan fingerprint density at radius 3 is 0.735 bits per heavy atom. The Labute approximate surface area is 511 Å². The first-order valence-corrected chi connectivity index (χ1v) is 34.0. The number of unbranched alkanes of at least 4 members (excludes halogenated alkanes) is 23. The number of esters is 3. The maximum absolute atomic E-state index is 12.9. The van der Waals surface area contributed by atoms with E-state index in [4.69, 9.17) is 14.2 Å². The number of allylic oxidation sites excluding steroid dienone is 26. The van der Waals surface area contributed by atoms with Crippen LogP contribution in [0.1, 0.15) is 290 Å². The van der Waals surface area contributed by atoms with Crippen molar-refractivity contribution in [3.05, 3.63) is 158 Å². The lowest BCUT2D eigenvalue weighted by Crippen LogP contribution is -2.30. The van der Waals surface area contributed by atoms with Crippen molar-refractivity contribution in [1.29, 1.82) is 0 Å². The molecule has 0 heterocycles. The van der Waals surface area contributed by atoms with Gasteiger partial charge in [0.05, 0.1) is 0 Å². The quantitative estimate of drug-likeness (QED) is 0.0261. The third-order valence-electron chi connectivity index (χ3n) is 14.0. The fourth-order valence-electron chi connectivity index (χ4n) is 9.01. The molecule has 6 nitrogen and oxygen atoms in total. The van der Waals surface area contributed by atoms with Gasteiger partial charge >= 0.3 is 17.9 Å². The van der Waals surface area contributed by atoms with Crippen LogP contribution < -0.4 is 0 Å². The van der Waals surface area contributed by atoms with E-state index in [1.54, 1.807) is 0 Å². The molecule has 0 aromatic heterocycles. The van der Waals surface area contributed by atoms with Gasteiger partial charge in [-0.1, -0.05) is 301 Å². The molecule has 0 aliphatic heterocycles. The fraction of sp³-hybridized carbons (Fsp3) is 0.623. The third-order valence-corrected chi connectivity index (χ3v) is 14.0. The first kappa shape index (κ1) is 78.0. The van der Waals surface area contributed by atoms with Crippen LogP contribution in [0.4, 0.5) is 0 Å². The average Bonchev–Trinajstić information content (AvgIpc) is 3.48. The van der Waals surface area contributed by atoms with Gasteiger partial charge in [-0.15, -0.1) is 0 Å². The molecule has 0 saturated heterocycles. The van der Waals surface area contributed by atoms with Crippen molar-refractivity contribution < 1.29 is 28.6 Å². The van der Waals surface area contributed by atoms with Crippen LogP contribution in [0.15, 0.2) is 158 Å². The van der Waals surface area contributed by atoms with Crippen LogP contribution in [0.5, 0.6) is 0 Å². The largest absolute Gasteiger partial charge is 0.462 e. The summed E-state index contributed by atoms with van der Waals surface area (Å²) in [5, 5.41) is 0. The average molecular weight is 1150 g/mol. The summed E-state index contributed by atoms with van der Waals surface area (Å²) < 4.78 is 16.9. The lowest BCUT2D eigenvalue weighted by Gasteiger charge is -2.18. The second-order valence-corrected chi connectivity index (χ2v) is 22.0. The molecule has 0 N–H and O–H groups in total. The molecule has 6 heteroatoms. The summed E-state index contributed by atoms with van der Waals surface area (Å²) in [5.41, 5.74) is 0. The molecule has 0 fully saturated rings. The van der Waals surface area contributed by atoms with Crippen molar-refractivity contribution in [2.45, 2.75) is 297 Å². The normalized spacial score (nSPS) is 13.1. The van der Waals surface area contributed by atoms with E-state index in [0.717, 1.165) is 161 Å². The Bertz CT molecular complexity index is 1840. The Morgan fingerprint density at radius 2 is 0.470 bits per heavy atom. The molecular formula is C77H124O6. The number of carbonyl (C=O) groups excluding carboxylic acids is 3. The van der Waals surface area contributed by atoms with E-state index < -0.39 is 6.10 Å². The van der Waals surface area contributed by atoms with Crippen molar-refractivity contribution in [3.8, 4) is 0 Å². The maximum atomic E-state index is 12.9. The number of ether oxygens (including phenoxy) is 3. The van der Waals surface area contributed by atoms with E-state index in [1.807, 2.05) is 0 Å². The Hall–Kier alpha value is -4.97. The van der Waals surface area contributed by atoms with E-state index in [1.165, 1.54) is 89.9 Å². The number of rotatable bonds is 60. The lowest BCUT2D eigenvalue weighted by molar-refractivity contribution is -0.167. The fourth-order valence-corrected chi connectivity index (χ4v) is 9.01. The van der Waals surface area contributed by atoms with Gasteiger partial charge in [0.2, 0.25) is 0 Å². The topological polar surface area (TPSA) is 78.9 Å². The van der Waals surface area contributed by atoms with E-state index >= 15 is 0 Å². The molecule has 0 aromatic carbocycles. The summed E-state index contributed by atoms with van der Waals surface area (Å²) in [6.45, 7) is 6.39. The van der Waals surface area contributed by atoms with Gasteiger partial charge in [-0.05, 0) is 128 Å². The summed E-state index contributed by atoms with van der Waals surface area (Å²) in [4.78, 5) is 38.3. The van der Waals surface area contributed by atoms with Gasteiger partial charge in [0, 0.05) is 19.3 Å². The van der Waals surface area contributed by atoms with Gasteiger partial charge in [0.25, 0.3) is 0 Å². The highest BCUT2D eigenvalue weighted by molar-refractivity contribution is 5.71. The molecule has 0 aliphatic rings. The van der Waals surface area contributed by atoms with Gasteiger partial charge in [-0.3, -0.25) is 14.4 Å². The molecule has 468 valence electrons. The van der Waals surface area contributed by atoms with Crippen LogP contribution in [0.25, 0.3) is 0 Å². The number of hydrogen-bond acceptors (Lipinski definition) is 6. The predicted molar refractivity (Wildman–Crippen MR) is 362 cm³/mol. The molecule has 0 radical (unpaired) electrons. The summed E-state index contributed by atoms with van der Waals surface area (Å²) in [6, 6.07) is 0. The van der Waals surface area contributed by atoms with Gasteiger partial charge in [0.15, 0.2) is 6.10 Å². The van der Waals surface area contributed by atoms with Crippen LogP contribution >= 0.6 is 0 Å². The summed E-state index contributed by atoms with van der Waals surface area (Å²) in [5.74, 6) is -0.915. The maximum Gasteiger partial charge on any atom is 0.306 e. The lowest BCUT2D eigenvalue weighted by atomic mass is 10.1. The summed E-state index contributed by atoms with van der Waals surface area (Å²) in [6.07, 6.45) is 101. The van der Waals surface area contributed by atoms with Crippen molar-refractivity contribution in [1.82, 2.24) is 0 Å². The second kappa shape index (κ2) is 69.5. The number of hydrogen-bond donors (Lipinski definition) is 0. The molecule has 0 rings (SSSR count). The van der Waals surface area contributed by atoms with Crippen molar-refractivity contribution >= 4 is 17.9 Å². The monoisotopic (exact) mass is 1140 g/mol. The van der Waals surface area contributed by atoms with Crippen LogP contribution in [0, 0.1) is 0 Å². The van der Waals surface area contributed by atoms with Crippen LogP contribution in [0.2, 0.25) is 0 Å². The van der Waals surface area contributed by atoms with Crippen LogP contribution in [0.3, 0.4) is 0 Å². The van der Waals surface area contributed by atoms with Gasteiger partial charge in [-0.25, -0.2) is 0 Å². The zero-order chi connectivity index (χ0) is 59.9. The molecule has 0 aromatic rings. The Morgan fingerprint density at radius 1 is 0.253 bits per heavy atom. The van der Waals surface area contributed by atoms with Crippen molar-refractivity contribution in [2.24, 2.45) is 0 Å². The predicted octanol–water partition coefficient (Wildman–Crippen LogP) is 23.7. The van der Waals surface area contributed by atoms with Gasteiger partial charge in [-0.2, -0.15) is 0 Å². The molecule has 1 atom stereocenters. The highest BCUT2D eigenvalue weighted by Gasteiger charge is 2.19. The molecular weight excluding hydrogens is 1020 g/mol. The smallest absolute Gasteiger partial charge is 0.306 e. The zero-order valence-corrected chi connectivity index (χ0v) is 53.7. The molecule has 83 heavy (non-hydrogen) atoms.